The first-order chi connectivity index (χ1) is 10.3. The summed E-state index contributed by atoms with van der Waals surface area (Å²) >= 11 is 0. The number of rotatable bonds is 3. The zero-order valence-corrected chi connectivity index (χ0v) is 13.1. The first kappa shape index (κ1) is 15.2. The Hall–Kier alpha value is -1.72. The molecule has 1 aromatic rings. The summed E-state index contributed by atoms with van der Waals surface area (Å²) in [5.74, 6) is 4.57. The minimum Gasteiger partial charge on any atom is -0.412 e. The van der Waals surface area contributed by atoms with Crippen molar-refractivity contribution in [3.8, 4) is 5.75 Å². The molecule has 0 spiro atoms. The molecule has 2 aliphatic heterocycles. The number of carbonyl (C=O) groups is 2. The van der Waals surface area contributed by atoms with Crippen molar-refractivity contribution in [2.24, 2.45) is 5.90 Å². The molecule has 2 saturated heterocycles. The van der Waals surface area contributed by atoms with E-state index < -0.39 is 17.1 Å². The van der Waals surface area contributed by atoms with E-state index in [0.717, 1.165) is 12.0 Å². The van der Waals surface area contributed by atoms with Crippen molar-refractivity contribution >= 4 is 11.6 Å². The van der Waals surface area contributed by atoms with Crippen molar-refractivity contribution in [2.75, 3.05) is 0 Å². The molecule has 2 atom stereocenters. The zero-order chi connectivity index (χ0) is 16.1. The highest BCUT2D eigenvalue weighted by Gasteiger charge is 2.61. The lowest BCUT2D eigenvalue weighted by Crippen LogP contribution is -2.54. The molecule has 2 aliphatic rings. The van der Waals surface area contributed by atoms with Gasteiger partial charge < -0.3 is 9.57 Å². The summed E-state index contributed by atoms with van der Waals surface area (Å²) in [7, 11) is 0. The molecule has 2 unspecified atom stereocenters. The van der Waals surface area contributed by atoms with E-state index in [-0.39, 0.29) is 11.6 Å². The molecule has 0 saturated carbocycles. The van der Waals surface area contributed by atoms with Crippen molar-refractivity contribution in [1.29, 1.82) is 0 Å². The Kier molecular flexibility index (Phi) is 3.38. The van der Waals surface area contributed by atoms with Crippen LogP contribution in [0.25, 0.3) is 0 Å². The number of hydrogen-bond donors (Lipinski definition) is 1. The van der Waals surface area contributed by atoms with E-state index in [1.54, 1.807) is 26.0 Å². The summed E-state index contributed by atoms with van der Waals surface area (Å²) in [6.07, 6.45) is 1.89. The summed E-state index contributed by atoms with van der Waals surface area (Å²) in [4.78, 5) is 30.6. The third-order valence-electron chi connectivity index (χ3n) is 5.04. The largest absolute Gasteiger partial charge is 0.412 e. The van der Waals surface area contributed by atoms with Crippen LogP contribution in [0.4, 0.5) is 0 Å². The van der Waals surface area contributed by atoms with E-state index in [1.165, 1.54) is 0 Å². The smallest absolute Gasteiger partial charge is 0.179 e. The zero-order valence-electron chi connectivity index (χ0n) is 13.1. The Labute approximate surface area is 129 Å². The fourth-order valence-electron chi connectivity index (χ4n) is 3.67. The monoisotopic (exact) mass is 303 g/mol. The van der Waals surface area contributed by atoms with Crippen LogP contribution in [0.15, 0.2) is 18.2 Å². The van der Waals surface area contributed by atoms with Crippen LogP contribution in [0, 0.1) is 0 Å². The quantitative estimate of drug-likeness (QED) is 0.683. The van der Waals surface area contributed by atoms with Crippen LogP contribution < -0.4 is 10.7 Å². The van der Waals surface area contributed by atoms with Gasteiger partial charge in [0, 0.05) is 0 Å². The first-order valence-electron chi connectivity index (χ1n) is 7.63. The number of carbonyl (C=O) groups excluding carboxylic acids is 2. The second-order valence-corrected chi connectivity index (χ2v) is 6.56. The number of benzene rings is 1. The van der Waals surface area contributed by atoms with Gasteiger partial charge in [0.25, 0.3) is 0 Å². The third-order valence-corrected chi connectivity index (χ3v) is 5.04. The number of hydrogen-bond acceptors (Lipinski definition) is 5. The molecule has 0 aromatic heterocycles. The predicted octanol–water partition coefficient (Wildman–Crippen LogP) is 2.06. The highest BCUT2D eigenvalue weighted by molar-refractivity contribution is 6.16. The molecule has 0 aliphatic carbocycles. The maximum Gasteiger partial charge on any atom is 0.179 e. The minimum atomic E-state index is -0.877. The van der Waals surface area contributed by atoms with Gasteiger partial charge in [-0.2, -0.15) is 5.90 Å². The second kappa shape index (κ2) is 4.89. The van der Waals surface area contributed by atoms with Gasteiger partial charge in [0.05, 0.1) is 0 Å². The van der Waals surface area contributed by atoms with E-state index in [2.05, 4.69) is 0 Å². The molecule has 2 heterocycles. The number of nitrogens with two attached hydrogens (primary N) is 1. The van der Waals surface area contributed by atoms with Crippen molar-refractivity contribution < 1.29 is 19.2 Å². The number of aryl methyl sites for hydroxylation is 1. The predicted molar refractivity (Wildman–Crippen MR) is 80.5 cm³/mol. The first-order valence-corrected chi connectivity index (χ1v) is 7.63. The summed E-state index contributed by atoms with van der Waals surface area (Å²) in [6, 6.07) is 5.31. The summed E-state index contributed by atoms with van der Waals surface area (Å²) in [5.41, 5.74) is -0.0976. The van der Waals surface area contributed by atoms with Gasteiger partial charge >= 0.3 is 0 Å². The van der Waals surface area contributed by atoms with E-state index in [1.807, 2.05) is 13.0 Å². The third kappa shape index (κ3) is 2.00. The molecule has 2 fully saturated rings. The normalized spacial score (nSPS) is 34.1. The standard InChI is InChI=1S/C17H21NO4/c1-4-10-5-6-11(21-18)9-12(10)13-14(19)16(2)7-8-17(3,22-16)15(13)20/h5-6,9,13H,4,7-8,18H2,1-3H3. The summed E-state index contributed by atoms with van der Waals surface area (Å²) in [5, 5.41) is 0. The van der Waals surface area contributed by atoms with Crippen molar-refractivity contribution in [3.05, 3.63) is 29.3 Å². The highest BCUT2D eigenvalue weighted by Crippen LogP contribution is 2.49. The highest BCUT2D eigenvalue weighted by atomic mass is 16.6. The Morgan fingerprint density at radius 1 is 1.23 bits per heavy atom. The van der Waals surface area contributed by atoms with Gasteiger partial charge in [-0.05, 0) is 56.4 Å². The van der Waals surface area contributed by atoms with E-state index in [0.29, 0.717) is 24.2 Å². The molecule has 2 N–H and O–H groups in total. The Morgan fingerprint density at radius 2 is 1.82 bits per heavy atom. The van der Waals surface area contributed by atoms with E-state index >= 15 is 0 Å². The number of ether oxygens (including phenoxy) is 1. The SMILES string of the molecule is CCc1ccc(ON)cc1C1C(=O)C2(C)CCC(C)(O2)C1=O. The van der Waals surface area contributed by atoms with Crippen LogP contribution >= 0.6 is 0 Å². The van der Waals surface area contributed by atoms with Gasteiger partial charge in [-0.3, -0.25) is 9.59 Å². The van der Waals surface area contributed by atoms with Gasteiger partial charge in [-0.1, -0.05) is 13.0 Å². The second-order valence-electron chi connectivity index (χ2n) is 6.56. The lowest BCUT2D eigenvalue weighted by molar-refractivity contribution is -0.173. The Morgan fingerprint density at radius 3 is 2.32 bits per heavy atom. The number of ketones is 2. The molecule has 5 nitrogen and oxygen atoms in total. The molecule has 22 heavy (non-hydrogen) atoms. The lowest BCUT2D eigenvalue weighted by atomic mass is 9.76. The van der Waals surface area contributed by atoms with Crippen LogP contribution in [0.1, 0.15) is 50.7 Å². The molecule has 1 aromatic carbocycles. The fraction of sp³-hybridized carbons (Fsp3) is 0.529. The molecule has 2 bridgehead atoms. The molecular formula is C17H21NO4. The van der Waals surface area contributed by atoms with Crippen LogP contribution in [-0.4, -0.2) is 22.8 Å². The van der Waals surface area contributed by atoms with Crippen LogP contribution in [-0.2, 0) is 20.7 Å². The molecule has 3 rings (SSSR count). The Bertz CT molecular complexity index is 628. The van der Waals surface area contributed by atoms with Crippen molar-refractivity contribution in [1.82, 2.24) is 0 Å². The lowest BCUT2D eigenvalue weighted by Gasteiger charge is -2.38. The van der Waals surface area contributed by atoms with Crippen molar-refractivity contribution in [2.45, 2.75) is 57.2 Å². The molecule has 5 heteroatoms. The van der Waals surface area contributed by atoms with Gasteiger partial charge in [0.1, 0.15) is 22.9 Å². The van der Waals surface area contributed by atoms with Crippen LogP contribution in [0.5, 0.6) is 5.75 Å². The van der Waals surface area contributed by atoms with Gasteiger partial charge in [0.15, 0.2) is 11.6 Å². The van der Waals surface area contributed by atoms with E-state index in [9.17, 15) is 9.59 Å². The average Bonchev–Trinajstić information content (AvgIpc) is 2.81. The topological polar surface area (TPSA) is 78.6 Å². The van der Waals surface area contributed by atoms with Gasteiger partial charge in [0.2, 0.25) is 0 Å². The molecular weight excluding hydrogens is 282 g/mol. The van der Waals surface area contributed by atoms with Crippen LogP contribution in [0.2, 0.25) is 0 Å². The maximum absolute atomic E-state index is 12.9. The summed E-state index contributed by atoms with van der Waals surface area (Å²) < 4.78 is 5.82. The van der Waals surface area contributed by atoms with E-state index in [4.69, 9.17) is 15.5 Å². The average molecular weight is 303 g/mol. The maximum atomic E-state index is 12.9. The molecule has 0 radical (unpaired) electrons. The minimum absolute atomic E-state index is 0.156. The van der Waals surface area contributed by atoms with Crippen molar-refractivity contribution in [3.63, 3.8) is 0 Å². The number of Topliss-reactive ketones (excluding diaryl/α,β-unsaturated/α-hetero) is 2. The number of fused-ring (bicyclic) bond motifs is 2. The van der Waals surface area contributed by atoms with Gasteiger partial charge in [-0.15, -0.1) is 0 Å². The summed E-state index contributed by atoms with van der Waals surface area (Å²) in [6.45, 7) is 5.57. The van der Waals surface area contributed by atoms with Crippen LogP contribution in [0.3, 0.4) is 0 Å². The fourth-order valence-corrected chi connectivity index (χ4v) is 3.67. The Balaban J connectivity index is 2.14. The van der Waals surface area contributed by atoms with Gasteiger partial charge in [-0.25, -0.2) is 0 Å². The molecule has 118 valence electrons. The molecule has 0 amide bonds.